The fourth-order valence-electron chi connectivity index (χ4n) is 2.73. The first-order chi connectivity index (χ1) is 12.7. The molecule has 0 aliphatic heterocycles. The molecule has 0 aromatic rings. The second kappa shape index (κ2) is 16.6. The van der Waals surface area contributed by atoms with Crippen LogP contribution in [0.1, 0.15) is 79.1 Å². The van der Waals surface area contributed by atoms with Crippen LogP contribution in [0.4, 0.5) is 0 Å². The smallest absolute Gasteiger partial charge is 0.747 e. The largest absolute Gasteiger partial charge is 1.00 e. The molecule has 0 aromatic carbocycles. The zero-order chi connectivity index (χ0) is 20.9. The summed E-state index contributed by atoms with van der Waals surface area (Å²) in [4.78, 5) is 24.0. The van der Waals surface area contributed by atoms with E-state index in [-0.39, 0.29) is 54.6 Å². The molecule has 0 radical (unpaired) electrons. The van der Waals surface area contributed by atoms with Crippen LogP contribution in [0.15, 0.2) is 0 Å². The van der Waals surface area contributed by atoms with Gasteiger partial charge in [-0.15, -0.1) is 0 Å². The third-order valence-corrected chi connectivity index (χ3v) is 5.78. The van der Waals surface area contributed by atoms with Crippen LogP contribution in [0, 0.1) is 11.8 Å². The monoisotopic (exact) mass is 430 g/mol. The van der Waals surface area contributed by atoms with Gasteiger partial charge in [-0.2, -0.15) is 0 Å². The quantitative estimate of drug-likeness (QED) is 0.210. The molecular weight excluding hydrogens is 395 g/mol. The van der Waals surface area contributed by atoms with Crippen molar-refractivity contribution in [1.29, 1.82) is 0 Å². The van der Waals surface area contributed by atoms with E-state index in [0.717, 1.165) is 44.9 Å². The Morgan fingerprint density at radius 1 is 0.893 bits per heavy atom. The van der Waals surface area contributed by atoms with Crippen molar-refractivity contribution in [1.82, 2.24) is 0 Å². The standard InChI is InChI=1S/C19H36O7S.Na/c1-5-9-11-16(8-4)13-25-18(20)12-17(27(22,23)24)19(21)26-14-15(7-3)10-6-2;/h15-17H,5-14H2,1-4H3,(H,22,23,24);/q;+1/p-1. The number of carbonyl (C=O) groups excluding carboxylic acids is 2. The predicted molar refractivity (Wildman–Crippen MR) is 102 cm³/mol. The molecule has 0 fully saturated rings. The number of ether oxygens (including phenoxy) is 2. The molecule has 7 nitrogen and oxygen atoms in total. The van der Waals surface area contributed by atoms with Crippen LogP contribution >= 0.6 is 0 Å². The minimum atomic E-state index is -5.01. The molecule has 0 bridgehead atoms. The molecule has 160 valence electrons. The molecule has 0 aliphatic carbocycles. The number of carbonyl (C=O) groups is 2. The van der Waals surface area contributed by atoms with Gasteiger partial charge in [-0.1, -0.05) is 59.8 Å². The molecule has 0 aliphatic rings. The number of rotatable bonds is 15. The zero-order valence-corrected chi connectivity index (χ0v) is 20.9. The Morgan fingerprint density at radius 2 is 1.43 bits per heavy atom. The molecule has 28 heavy (non-hydrogen) atoms. The van der Waals surface area contributed by atoms with Crippen molar-refractivity contribution < 1.29 is 61.6 Å². The van der Waals surface area contributed by atoms with Gasteiger partial charge in [0.25, 0.3) is 0 Å². The second-order valence-electron chi connectivity index (χ2n) is 6.98. The van der Waals surface area contributed by atoms with E-state index in [1.165, 1.54) is 0 Å². The van der Waals surface area contributed by atoms with Gasteiger partial charge in [0.1, 0.15) is 10.1 Å². The van der Waals surface area contributed by atoms with Gasteiger partial charge in [0, 0.05) is 0 Å². The van der Waals surface area contributed by atoms with E-state index in [1.807, 2.05) is 20.8 Å². The van der Waals surface area contributed by atoms with Crippen LogP contribution in [0.5, 0.6) is 0 Å². The van der Waals surface area contributed by atoms with E-state index in [4.69, 9.17) is 9.47 Å². The van der Waals surface area contributed by atoms with Crippen LogP contribution < -0.4 is 29.6 Å². The van der Waals surface area contributed by atoms with E-state index >= 15 is 0 Å². The molecule has 9 heteroatoms. The summed E-state index contributed by atoms with van der Waals surface area (Å²) in [5.74, 6) is -1.76. The summed E-state index contributed by atoms with van der Waals surface area (Å²) in [6, 6.07) is 0. The van der Waals surface area contributed by atoms with Crippen LogP contribution in [0.2, 0.25) is 0 Å². The molecule has 3 atom stereocenters. The molecule has 0 spiro atoms. The molecular formula is C19H35NaO7S. The van der Waals surface area contributed by atoms with Gasteiger partial charge in [-0.25, -0.2) is 8.42 Å². The van der Waals surface area contributed by atoms with E-state index in [1.54, 1.807) is 0 Å². The van der Waals surface area contributed by atoms with Gasteiger partial charge in [-0.05, 0) is 24.7 Å². The molecule has 0 amide bonds. The maximum Gasteiger partial charge on any atom is 1.00 e. The average molecular weight is 431 g/mol. The number of hydrogen-bond acceptors (Lipinski definition) is 7. The Balaban J connectivity index is 0. The molecule has 0 N–H and O–H groups in total. The van der Waals surface area contributed by atoms with Crippen molar-refractivity contribution >= 4 is 22.1 Å². The average Bonchev–Trinajstić information content (AvgIpc) is 2.62. The summed E-state index contributed by atoms with van der Waals surface area (Å²) in [5, 5.41) is -2.06. The summed E-state index contributed by atoms with van der Waals surface area (Å²) in [6.45, 7) is 8.18. The SMILES string of the molecule is CCCCC(CC)COC(=O)CC(C(=O)OCC(CC)CCC)S(=O)(=O)[O-].[Na+]. The van der Waals surface area contributed by atoms with Gasteiger partial charge < -0.3 is 14.0 Å². The Morgan fingerprint density at radius 3 is 1.89 bits per heavy atom. The van der Waals surface area contributed by atoms with Crippen LogP contribution in [0.3, 0.4) is 0 Å². The maximum absolute atomic E-state index is 12.1. The predicted octanol–water partition coefficient (Wildman–Crippen LogP) is 0.423. The Kier molecular flexibility index (Phi) is 17.8. The zero-order valence-electron chi connectivity index (χ0n) is 18.1. The minimum absolute atomic E-state index is 0. The Labute approximate surface area is 192 Å². The normalized spacial score (nSPS) is 14.5. The Hall–Kier alpha value is -0.150. The number of unbranched alkanes of at least 4 members (excludes halogenated alkanes) is 1. The van der Waals surface area contributed by atoms with Gasteiger partial charge in [0.15, 0.2) is 5.25 Å². The maximum atomic E-state index is 12.1. The fraction of sp³-hybridized carbons (Fsp3) is 0.895. The number of hydrogen-bond donors (Lipinski definition) is 0. The topological polar surface area (TPSA) is 110 Å². The minimum Gasteiger partial charge on any atom is -0.747 e. The first-order valence-corrected chi connectivity index (χ1v) is 11.4. The number of esters is 2. The van der Waals surface area contributed by atoms with Gasteiger partial charge >= 0.3 is 41.5 Å². The first kappa shape index (κ1) is 30.0. The molecule has 0 rings (SSSR count). The van der Waals surface area contributed by atoms with E-state index in [0.29, 0.717) is 0 Å². The molecule has 3 unspecified atom stereocenters. The fourth-order valence-corrected chi connectivity index (χ4v) is 3.37. The molecule has 0 saturated carbocycles. The Bertz CT molecular complexity index is 536. The van der Waals surface area contributed by atoms with Crippen molar-refractivity contribution in [2.24, 2.45) is 11.8 Å². The summed E-state index contributed by atoms with van der Waals surface area (Å²) in [6.07, 6.45) is 5.47. The third kappa shape index (κ3) is 13.1. The summed E-state index contributed by atoms with van der Waals surface area (Å²) in [5.41, 5.74) is 0. The van der Waals surface area contributed by atoms with Crippen molar-refractivity contribution in [2.75, 3.05) is 13.2 Å². The van der Waals surface area contributed by atoms with Crippen LogP contribution in [-0.2, 0) is 29.2 Å². The van der Waals surface area contributed by atoms with Crippen molar-refractivity contribution in [3.63, 3.8) is 0 Å². The van der Waals surface area contributed by atoms with Gasteiger partial charge in [-0.3, -0.25) is 9.59 Å². The molecule has 0 aromatic heterocycles. The second-order valence-corrected chi connectivity index (χ2v) is 8.53. The van der Waals surface area contributed by atoms with Crippen LogP contribution in [-0.4, -0.2) is 43.4 Å². The third-order valence-electron chi connectivity index (χ3n) is 4.72. The van der Waals surface area contributed by atoms with Crippen molar-refractivity contribution in [2.45, 2.75) is 84.3 Å². The first-order valence-electron chi connectivity index (χ1n) is 9.96. The van der Waals surface area contributed by atoms with E-state index < -0.39 is 33.7 Å². The van der Waals surface area contributed by atoms with E-state index in [2.05, 4.69) is 6.92 Å². The van der Waals surface area contributed by atoms with Gasteiger partial charge in [0.2, 0.25) is 0 Å². The van der Waals surface area contributed by atoms with Crippen molar-refractivity contribution in [3.8, 4) is 0 Å². The summed E-state index contributed by atoms with van der Waals surface area (Å²) >= 11 is 0. The van der Waals surface area contributed by atoms with Crippen LogP contribution in [0.25, 0.3) is 0 Å². The van der Waals surface area contributed by atoms with Crippen molar-refractivity contribution in [3.05, 3.63) is 0 Å². The summed E-state index contributed by atoms with van der Waals surface area (Å²) in [7, 11) is -5.01. The molecule has 0 heterocycles. The molecule has 0 saturated heterocycles. The summed E-state index contributed by atoms with van der Waals surface area (Å²) < 4.78 is 44.4. The van der Waals surface area contributed by atoms with Gasteiger partial charge in [0.05, 0.1) is 19.6 Å². The van der Waals surface area contributed by atoms with E-state index in [9.17, 15) is 22.6 Å².